The van der Waals surface area contributed by atoms with E-state index in [2.05, 4.69) is 17.2 Å². The predicted molar refractivity (Wildman–Crippen MR) is 89.9 cm³/mol. The highest BCUT2D eigenvalue weighted by atomic mass is 32.1. The molecular formula is C17H20N2O3S. The van der Waals surface area contributed by atoms with Gasteiger partial charge in [0.2, 0.25) is 0 Å². The molecule has 122 valence electrons. The number of benzene rings is 1. The maximum absolute atomic E-state index is 12.3. The molecule has 2 heterocycles. The Morgan fingerprint density at radius 2 is 2.26 bits per heavy atom. The molecular weight excluding hydrogens is 312 g/mol. The first-order valence-electron chi connectivity index (χ1n) is 7.65. The molecule has 1 aromatic carbocycles. The van der Waals surface area contributed by atoms with Crippen molar-refractivity contribution >= 4 is 17.2 Å². The summed E-state index contributed by atoms with van der Waals surface area (Å²) < 4.78 is 10.9. The van der Waals surface area contributed by atoms with E-state index in [-0.39, 0.29) is 12.0 Å². The SMILES string of the molecule is Cc1nc(-c2cccc(C(=O)NC[C@H]3COCCO3)c2)sc1C. The molecule has 23 heavy (non-hydrogen) atoms. The predicted octanol–water partition coefficient (Wildman–Crippen LogP) is 2.57. The quantitative estimate of drug-likeness (QED) is 0.935. The minimum absolute atomic E-state index is 0.0693. The van der Waals surface area contributed by atoms with Gasteiger partial charge in [-0.15, -0.1) is 11.3 Å². The molecule has 2 aromatic rings. The second kappa shape index (κ2) is 7.21. The summed E-state index contributed by atoms with van der Waals surface area (Å²) in [5.74, 6) is -0.106. The Kier molecular flexibility index (Phi) is 5.05. The zero-order chi connectivity index (χ0) is 16.2. The summed E-state index contributed by atoms with van der Waals surface area (Å²) in [4.78, 5) is 18.1. The number of nitrogens with one attached hydrogen (secondary N) is 1. The minimum atomic E-state index is -0.106. The fourth-order valence-corrected chi connectivity index (χ4v) is 3.26. The molecule has 6 heteroatoms. The van der Waals surface area contributed by atoms with E-state index in [4.69, 9.17) is 9.47 Å². The molecule has 1 saturated heterocycles. The number of carbonyl (C=O) groups is 1. The molecule has 1 N–H and O–H groups in total. The summed E-state index contributed by atoms with van der Waals surface area (Å²) in [6, 6.07) is 7.55. The molecule has 0 spiro atoms. The van der Waals surface area contributed by atoms with Crippen molar-refractivity contribution in [3.63, 3.8) is 0 Å². The van der Waals surface area contributed by atoms with Gasteiger partial charge in [0.15, 0.2) is 0 Å². The number of aromatic nitrogens is 1. The number of aryl methyl sites for hydroxylation is 2. The lowest BCUT2D eigenvalue weighted by molar-refractivity contribution is -0.0855. The Bertz CT molecular complexity index is 673. The summed E-state index contributed by atoms with van der Waals surface area (Å²) in [5.41, 5.74) is 2.63. The van der Waals surface area contributed by atoms with Gasteiger partial charge in [-0.25, -0.2) is 4.98 Å². The van der Waals surface area contributed by atoms with Gasteiger partial charge in [0, 0.05) is 22.5 Å². The average molecular weight is 332 g/mol. The number of hydrogen-bond acceptors (Lipinski definition) is 5. The van der Waals surface area contributed by atoms with Gasteiger partial charge < -0.3 is 14.8 Å². The lowest BCUT2D eigenvalue weighted by atomic mass is 10.1. The molecule has 1 aliphatic heterocycles. The van der Waals surface area contributed by atoms with Crippen LogP contribution in [0.4, 0.5) is 0 Å². The number of rotatable bonds is 4. The Labute approximate surface area is 139 Å². The average Bonchev–Trinajstić information content (AvgIpc) is 2.93. The highest BCUT2D eigenvalue weighted by Gasteiger charge is 2.16. The highest BCUT2D eigenvalue weighted by molar-refractivity contribution is 7.15. The first-order valence-corrected chi connectivity index (χ1v) is 8.47. The van der Waals surface area contributed by atoms with Crippen LogP contribution in [-0.2, 0) is 9.47 Å². The number of amides is 1. The Morgan fingerprint density at radius 1 is 1.39 bits per heavy atom. The second-order valence-electron chi connectivity index (χ2n) is 5.52. The summed E-state index contributed by atoms with van der Waals surface area (Å²) in [6.45, 7) is 6.24. The topological polar surface area (TPSA) is 60.5 Å². The van der Waals surface area contributed by atoms with Gasteiger partial charge in [0.05, 0.1) is 31.6 Å². The number of carbonyl (C=O) groups excluding carboxylic acids is 1. The number of hydrogen-bond donors (Lipinski definition) is 1. The van der Waals surface area contributed by atoms with Crippen LogP contribution < -0.4 is 5.32 Å². The fourth-order valence-electron chi connectivity index (χ4n) is 2.35. The molecule has 1 aliphatic rings. The van der Waals surface area contributed by atoms with Crippen molar-refractivity contribution < 1.29 is 14.3 Å². The molecule has 5 nitrogen and oxygen atoms in total. The van der Waals surface area contributed by atoms with Crippen LogP contribution in [0.1, 0.15) is 20.9 Å². The Morgan fingerprint density at radius 3 is 2.96 bits per heavy atom. The Hall–Kier alpha value is -1.76. The highest BCUT2D eigenvalue weighted by Crippen LogP contribution is 2.27. The van der Waals surface area contributed by atoms with E-state index in [0.717, 1.165) is 16.3 Å². The van der Waals surface area contributed by atoms with Crippen LogP contribution >= 0.6 is 11.3 Å². The van der Waals surface area contributed by atoms with Crippen LogP contribution in [0.3, 0.4) is 0 Å². The molecule has 0 aliphatic carbocycles. The van der Waals surface area contributed by atoms with Gasteiger partial charge in [0.1, 0.15) is 5.01 Å². The van der Waals surface area contributed by atoms with Gasteiger partial charge in [0.25, 0.3) is 5.91 Å². The van der Waals surface area contributed by atoms with Crippen LogP contribution in [0.2, 0.25) is 0 Å². The standard InChI is InChI=1S/C17H20N2O3S/c1-11-12(2)23-17(19-11)14-5-3-4-13(8-14)16(20)18-9-15-10-21-6-7-22-15/h3-5,8,15H,6-7,9-10H2,1-2H3,(H,18,20)/t15-/m0/s1. The summed E-state index contributed by atoms with van der Waals surface area (Å²) >= 11 is 1.64. The molecule has 0 bridgehead atoms. The smallest absolute Gasteiger partial charge is 0.251 e. The molecule has 3 rings (SSSR count). The van der Waals surface area contributed by atoms with E-state index >= 15 is 0 Å². The molecule has 1 fully saturated rings. The molecule has 1 amide bonds. The number of ether oxygens (including phenoxy) is 2. The van der Waals surface area contributed by atoms with Crippen molar-refractivity contribution in [3.05, 3.63) is 40.4 Å². The zero-order valence-electron chi connectivity index (χ0n) is 13.3. The maximum Gasteiger partial charge on any atom is 0.251 e. The summed E-state index contributed by atoms with van der Waals surface area (Å²) in [7, 11) is 0. The van der Waals surface area contributed by atoms with Gasteiger partial charge in [-0.1, -0.05) is 12.1 Å². The monoisotopic (exact) mass is 332 g/mol. The first kappa shape index (κ1) is 16.1. The second-order valence-corrected chi connectivity index (χ2v) is 6.72. The largest absolute Gasteiger partial charge is 0.376 e. The molecule has 1 aromatic heterocycles. The Balaban J connectivity index is 1.67. The van der Waals surface area contributed by atoms with Crippen LogP contribution in [0.5, 0.6) is 0 Å². The third-order valence-corrected chi connectivity index (χ3v) is 4.90. The van der Waals surface area contributed by atoms with Crippen molar-refractivity contribution in [1.82, 2.24) is 10.3 Å². The van der Waals surface area contributed by atoms with Crippen molar-refractivity contribution in [3.8, 4) is 10.6 Å². The van der Waals surface area contributed by atoms with Crippen LogP contribution in [0.15, 0.2) is 24.3 Å². The van der Waals surface area contributed by atoms with Crippen LogP contribution in [0.25, 0.3) is 10.6 Å². The van der Waals surface area contributed by atoms with Gasteiger partial charge in [-0.05, 0) is 26.0 Å². The summed E-state index contributed by atoms with van der Waals surface area (Å²) in [6.07, 6.45) is -0.0693. The van der Waals surface area contributed by atoms with Gasteiger partial charge >= 0.3 is 0 Å². The third-order valence-electron chi connectivity index (χ3n) is 3.78. The van der Waals surface area contributed by atoms with E-state index in [1.807, 2.05) is 31.2 Å². The first-order chi connectivity index (χ1) is 11.1. The lowest BCUT2D eigenvalue weighted by Gasteiger charge is -2.23. The van der Waals surface area contributed by atoms with Crippen LogP contribution in [-0.4, -0.2) is 43.4 Å². The van der Waals surface area contributed by atoms with Crippen LogP contribution in [0, 0.1) is 13.8 Å². The zero-order valence-corrected chi connectivity index (χ0v) is 14.1. The van der Waals surface area contributed by atoms with E-state index in [9.17, 15) is 4.79 Å². The summed E-state index contributed by atoms with van der Waals surface area (Å²) in [5, 5.41) is 3.85. The normalized spacial score (nSPS) is 17.9. The van der Waals surface area contributed by atoms with E-state index in [1.54, 1.807) is 11.3 Å². The van der Waals surface area contributed by atoms with Crippen molar-refractivity contribution in [1.29, 1.82) is 0 Å². The van der Waals surface area contributed by atoms with Crippen molar-refractivity contribution in [2.75, 3.05) is 26.4 Å². The van der Waals surface area contributed by atoms with E-state index < -0.39 is 0 Å². The molecule has 0 unspecified atom stereocenters. The number of nitrogens with zero attached hydrogens (tertiary/aromatic N) is 1. The van der Waals surface area contributed by atoms with Crippen molar-refractivity contribution in [2.45, 2.75) is 20.0 Å². The number of thiazole rings is 1. The lowest BCUT2D eigenvalue weighted by Crippen LogP contribution is -2.39. The van der Waals surface area contributed by atoms with Gasteiger partial charge in [-0.3, -0.25) is 4.79 Å². The van der Waals surface area contributed by atoms with Crippen molar-refractivity contribution in [2.24, 2.45) is 0 Å². The molecule has 1 atom stereocenters. The molecule has 0 saturated carbocycles. The maximum atomic E-state index is 12.3. The van der Waals surface area contributed by atoms with Gasteiger partial charge in [-0.2, -0.15) is 0 Å². The van der Waals surface area contributed by atoms with E-state index in [0.29, 0.717) is 31.9 Å². The fraction of sp³-hybridized carbons (Fsp3) is 0.412. The minimum Gasteiger partial charge on any atom is -0.376 e. The third kappa shape index (κ3) is 3.96. The van der Waals surface area contributed by atoms with E-state index in [1.165, 1.54) is 4.88 Å². The molecule has 0 radical (unpaired) electrons.